The highest BCUT2D eigenvalue weighted by atomic mass is 32.2. The summed E-state index contributed by atoms with van der Waals surface area (Å²) in [5, 5.41) is 0. The smallest absolute Gasteiger partial charge is 0.307 e. The van der Waals surface area contributed by atoms with E-state index in [9.17, 15) is 4.79 Å². The van der Waals surface area contributed by atoms with Gasteiger partial charge in [0.2, 0.25) is 0 Å². The highest BCUT2D eigenvalue weighted by Gasteiger charge is 2.35. The Morgan fingerprint density at radius 3 is 2.62 bits per heavy atom. The van der Waals surface area contributed by atoms with Crippen molar-refractivity contribution in [3.05, 3.63) is 48.6 Å². The summed E-state index contributed by atoms with van der Waals surface area (Å²) in [7, 11) is 0. The van der Waals surface area contributed by atoms with E-state index in [0.29, 0.717) is 13.0 Å². The molecule has 1 fully saturated rings. The van der Waals surface area contributed by atoms with Crippen LogP contribution >= 0.6 is 11.8 Å². The van der Waals surface area contributed by atoms with Crippen LogP contribution in [0.25, 0.3) is 0 Å². The standard InChI is InChI=1S/C18H24O2S/c1-2-13-20-17(19)14-18(11-7-4-8-12-18)21-15-16-9-5-3-6-10-16/h2-3,5-6,9-10H,1,4,7-8,11-15H2. The predicted molar refractivity (Wildman–Crippen MR) is 89.3 cm³/mol. The van der Waals surface area contributed by atoms with Crippen LogP contribution in [0.2, 0.25) is 0 Å². The molecule has 0 bridgehead atoms. The van der Waals surface area contributed by atoms with Crippen LogP contribution in [0.15, 0.2) is 43.0 Å². The molecule has 0 spiro atoms. The molecular formula is C18H24O2S. The maximum atomic E-state index is 12.0. The zero-order chi connectivity index (χ0) is 15.0. The Bertz CT molecular complexity index is 450. The molecule has 0 radical (unpaired) electrons. The zero-order valence-corrected chi connectivity index (χ0v) is 13.4. The van der Waals surface area contributed by atoms with Crippen LogP contribution in [-0.4, -0.2) is 17.3 Å². The highest BCUT2D eigenvalue weighted by molar-refractivity contribution is 7.99. The highest BCUT2D eigenvalue weighted by Crippen LogP contribution is 2.44. The van der Waals surface area contributed by atoms with E-state index < -0.39 is 0 Å². The summed E-state index contributed by atoms with van der Waals surface area (Å²) in [6.07, 6.45) is 8.12. The molecule has 1 aliphatic carbocycles. The van der Waals surface area contributed by atoms with Gasteiger partial charge in [-0.2, -0.15) is 0 Å². The molecule has 1 saturated carbocycles. The van der Waals surface area contributed by atoms with Crippen LogP contribution in [-0.2, 0) is 15.3 Å². The van der Waals surface area contributed by atoms with Gasteiger partial charge in [0.1, 0.15) is 6.61 Å². The number of hydrogen-bond acceptors (Lipinski definition) is 3. The average molecular weight is 304 g/mol. The van der Waals surface area contributed by atoms with Crippen molar-refractivity contribution in [3.63, 3.8) is 0 Å². The molecule has 0 atom stereocenters. The molecule has 1 aromatic carbocycles. The quantitative estimate of drug-likeness (QED) is 0.537. The van der Waals surface area contributed by atoms with E-state index in [1.807, 2.05) is 17.8 Å². The lowest BCUT2D eigenvalue weighted by Crippen LogP contribution is -2.32. The Hall–Kier alpha value is -1.22. The van der Waals surface area contributed by atoms with Crippen LogP contribution in [0.1, 0.15) is 44.1 Å². The number of hydrogen-bond donors (Lipinski definition) is 0. The monoisotopic (exact) mass is 304 g/mol. The fraction of sp³-hybridized carbons (Fsp3) is 0.500. The lowest BCUT2D eigenvalue weighted by atomic mass is 9.86. The SMILES string of the molecule is C=CCOC(=O)CC1(SCc2ccccc2)CCCCC1. The number of benzene rings is 1. The van der Waals surface area contributed by atoms with Gasteiger partial charge in [0.15, 0.2) is 0 Å². The number of carbonyl (C=O) groups is 1. The molecule has 0 aromatic heterocycles. The summed E-state index contributed by atoms with van der Waals surface area (Å²) in [5.74, 6) is 0.882. The van der Waals surface area contributed by atoms with E-state index in [4.69, 9.17) is 4.74 Å². The van der Waals surface area contributed by atoms with Crippen LogP contribution in [0.5, 0.6) is 0 Å². The van der Waals surface area contributed by atoms with Gasteiger partial charge in [0.25, 0.3) is 0 Å². The molecule has 0 amide bonds. The summed E-state index contributed by atoms with van der Waals surface area (Å²) in [4.78, 5) is 12.0. The molecule has 0 aliphatic heterocycles. The molecule has 21 heavy (non-hydrogen) atoms. The van der Waals surface area contributed by atoms with E-state index in [0.717, 1.165) is 18.6 Å². The topological polar surface area (TPSA) is 26.3 Å². The fourth-order valence-electron chi connectivity index (χ4n) is 2.84. The molecule has 0 heterocycles. The van der Waals surface area contributed by atoms with Crippen LogP contribution in [0.4, 0.5) is 0 Å². The van der Waals surface area contributed by atoms with Crippen molar-refractivity contribution in [1.29, 1.82) is 0 Å². The van der Waals surface area contributed by atoms with Crippen LogP contribution in [0, 0.1) is 0 Å². The summed E-state index contributed by atoms with van der Waals surface area (Å²) in [6, 6.07) is 10.5. The third-order valence-electron chi connectivity index (χ3n) is 3.98. The summed E-state index contributed by atoms with van der Waals surface area (Å²) < 4.78 is 5.26. The molecule has 114 valence electrons. The van der Waals surface area contributed by atoms with E-state index in [1.54, 1.807) is 6.08 Å². The van der Waals surface area contributed by atoms with Gasteiger partial charge in [-0.3, -0.25) is 4.79 Å². The van der Waals surface area contributed by atoms with E-state index in [-0.39, 0.29) is 10.7 Å². The summed E-state index contributed by atoms with van der Waals surface area (Å²) in [5.41, 5.74) is 1.33. The Morgan fingerprint density at radius 2 is 1.95 bits per heavy atom. The minimum Gasteiger partial charge on any atom is -0.461 e. The van der Waals surface area contributed by atoms with Gasteiger partial charge in [-0.1, -0.05) is 62.2 Å². The van der Waals surface area contributed by atoms with Crippen LogP contribution in [0.3, 0.4) is 0 Å². The first-order valence-electron chi connectivity index (χ1n) is 7.68. The molecular weight excluding hydrogens is 280 g/mol. The molecule has 0 unspecified atom stereocenters. The number of ether oxygens (including phenoxy) is 1. The van der Waals surface area contributed by atoms with Crippen molar-refractivity contribution in [2.45, 2.75) is 49.0 Å². The van der Waals surface area contributed by atoms with E-state index in [2.05, 4.69) is 30.8 Å². The van der Waals surface area contributed by atoms with Crippen molar-refractivity contribution in [1.82, 2.24) is 0 Å². The zero-order valence-electron chi connectivity index (χ0n) is 12.6. The van der Waals surface area contributed by atoms with Gasteiger partial charge in [-0.15, -0.1) is 11.8 Å². The molecule has 1 aliphatic rings. The molecule has 1 aromatic rings. The van der Waals surface area contributed by atoms with Gasteiger partial charge < -0.3 is 4.74 Å². The summed E-state index contributed by atoms with van der Waals surface area (Å²) >= 11 is 1.93. The van der Waals surface area contributed by atoms with Crippen molar-refractivity contribution in [2.75, 3.05) is 6.61 Å². The lowest BCUT2D eigenvalue weighted by molar-refractivity contribution is -0.143. The minimum atomic E-state index is -0.0858. The second-order valence-electron chi connectivity index (χ2n) is 5.67. The van der Waals surface area contributed by atoms with Gasteiger partial charge in [-0.25, -0.2) is 0 Å². The Morgan fingerprint density at radius 1 is 1.24 bits per heavy atom. The lowest BCUT2D eigenvalue weighted by Gasteiger charge is -2.36. The van der Waals surface area contributed by atoms with Crippen molar-refractivity contribution >= 4 is 17.7 Å². The van der Waals surface area contributed by atoms with Gasteiger partial charge in [0, 0.05) is 10.5 Å². The largest absolute Gasteiger partial charge is 0.461 e. The second kappa shape index (κ2) is 8.28. The van der Waals surface area contributed by atoms with Crippen LogP contribution < -0.4 is 0 Å². The van der Waals surface area contributed by atoms with E-state index in [1.165, 1.54) is 24.8 Å². The minimum absolute atomic E-state index is 0.0618. The Kier molecular flexibility index (Phi) is 6.37. The molecule has 2 nitrogen and oxygen atoms in total. The molecule has 2 rings (SSSR count). The third kappa shape index (κ3) is 5.24. The number of rotatable bonds is 7. The van der Waals surface area contributed by atoms with Gasteiger partial charge in [0.05, 0.1) is 6.42 Å². The average Bonchev–Trinajstić information content (AvgIpc) is 2.53. The van der Waals surface area contributed by atoms with Gasteiger partial charge in [-0.05, 0) is 18.4 Å². The fourth-order valence-corrected chi connectivity index (χ4v) is 4.31. The number of esters is 1. The second-order valence-corrected chi connectivity index (χ2v) is 7.11. The maximum absolute atomic E-state index is 12.0. The predicted octanol–water partition coefficient (Wildman–Crippen LogP) is 4.74. The normalized spacial score (nSPS) is 17.1. The Balaban J connectivity index is 1.95. The molecule has 0 N–H and O–H groups in total. The number of carbonyl (C=O) groups excluding carboxylic acids is 1. The molecule has 0 saturated heterocycles. The first kappa shape index (κ1) is 16.2. The van der Waals surface area contributed by atoms with Crippen molar-refractivity contribution < 1.29 is 9.53 Å². The number of thioether (sulfide) groups is 1. The summed E-state index contributed by atoms with van der Waals surface area (Å²) in [6.45, 7) is 3.91. The maximum Gasteiger partial charge on any atom is 0.307 e. The van der Waals surface area contributed by atoms with Crippen molar-refractivity contribution in [3.8, 4) is 0 Å². The third-order valence-corrected chi connectivity index (χ3v) is 5.62. The first-order chi connectivity index (χ1) is 10.2. The van der Waals surface area contributed by atoms with E-state index >= 15 is 0 Å². The first-order valence-corrected chi connectivity index (χ1v) is 8.67. The Labute approximate surface area is 132 Å². The van der Waals surface area contributed by atoms with Gasteiger partial charge >= 0.3 is 5.97 Å². The van der Waals surface area contributed by atoms with Crippen molar-refractivity contribution in [2.24, 2.45) is 0 Å². The molecule has 3 heteroatoms.